The van der Waals surface area contributed by atoms with Gasteiger partial charge in [0.1, 0.15) is 0 Å². The van der Waals surface area contributed by atoms with E-state index in [0.29, 0.717) is 31.9 Å². The van der Waals surface area contributed by atoms with E-state index in [1.54, 1.807) is 12.1 Å². The molecular formula is C12H19N3O3S. The third-order valence-electron chi connectivity index (χ3n) is 2.84. The molecule has 2 N–H and O–H groups in total. The predicted octanol–water partition coefficient (Wildman–Crippen LogP) is 0.971. The van der Waals surface area contributed by atoms with Gasteiger partial charge in [0.15, 0.2) is 5.03 Å². The van der Waals surface area contributed by atoms with E-state index in [1.807, 2.05) is 6.92 Å². The Balaban J connectivity index is 2.18. The van der Waals surface area contributed by atoms with Crippen LogP contribution < -0.4 is 10.0 Å². The Bertz CT molecular complexity index is 513. The van der Waals surface area contributed by atoms with Crippen LogP contribution in [0.2, 0.25) is 0 Å². The fourth-order valence-corrected chi connectivity index (χ4v) is 3.27. The van der Waals surface area contributed by atoms with Crippen LogP contribution in [0.25, 0.3) is 0 Å². The lowest BCUT2D eigenvalue weighted by atomic mass is 10.3. The Morgan fingerprint density at radius 1 is 1.53 bits per heavy atom. The van der Waals surface area contributed by atoms with Gasteiger partial charge in [0.25, 0.3) is 10.0 Å². The molecule has 7 heteroatoms. The van der Waals surface area contributed by atoms with Gasteiger partial charge in [0.2, 0.25) is 0 Å². The van der Waals surface area contributed by atoms with E-state index < -0.39 is 10.0 Å². The van der Waals surface area contributed by atoms with Crippen molar-refractivity contribution in [3.8, 4) is 0 Å². The second-order valence-electron chi connectivity index (χ2n) is 4.46. The highest BCUT2D eigenvalue weighted by molar-refractivity contribution is 7.89. The van der Waals surface area contributed by atoms with Gasteiger partial charge in [-0.2, -0.15) is 0 Å². The molecule has 1 saturated heterocycles. The van der Waals surface area contributed by atoms with Crippen molar-refractivity contribution in [2.75, 3.05) is 25.1 Å². The summed E-state index contributed by atoms with van der Waals surface area (Å²) in [6, 6.07) is 3.28. The van der Waals surface area contributed by atoms with Crippen LogP contribution in [0.3, 0.4) is 0 Å². The Kier molecular flexibility index (Phi) is 4.73. The van der Waals surface area contributed by atoms with E-state index in [0.717, 1.165) is 6.42 Å². The third kappa shape index (κ3) is 3.65. The molecule has 19 heavy (non-hydrogen) atoms. The monoisotopic (exact) mass is 285 g/mol. The lowest BCUT2D eigenvalue weighted by molar-refractivity contribution is 0.192. The Labute approximate surface area is 113 Å². The van der Waals surface area contributed by atoms with E-state index in [9.17, 15) is 8.42 Å². The lowest BCUT2D eigenvalue weighted by Crippen LogP contribution is -2.35. The third-order valence-corrected chi connectivity index (χ3v) is 4.32. The maximum atomic E-state index is 12.3. The zero-order chi connectivity index (χ0) is 13.7. The fourth-order valence-electron chi connectivity index (χ4n) is 1.90. The molecule has 106 valence electrons. The van der Waals surface area contributed by atoms with Crippen LogP contribution in [-0.2, 0) is 14.8 Å². The molecule has 2 heterocycles. The van der Waals surface area contributed by atoms with Gasteiger partial charge >= 0.3 is 0 Å². The Morgan fingerprint density at radius 2 is 2.37 bits per heavy atom. The highest BCUT2D eigenvalue weighted by Gasteiger charge is 2.26. The number of hydrogen-bond acceptors (Lipinski definition) is 5. The molecule has 0 aliphatic carbocycles. The number of pyridine rings is 1. The summed E-state index contributed by atoms with van der Waals surface area (Å²) in [5.74, 6) is 0. The smallest absolute Gasteiger partial charge is 0.260 e. The van der Waals surface area contributed by atoms with Crippen LogP contribution in [0.1, 0.15) is 19.8 Å². The second kappa shape index (κ2) is 6.31. The quantitative estimate of drug-likeness (QED) is 0.814. The van der Waals surface area contributed by atoms with E-state index in [1.165, 1.54) is 6.20 Å². The Hall–Kier alpha value is -1.18. The highest BCUT2D eigenvalue weighted by atomic mass is 32.2. The zero-order valence-corrected chi connectivity index (χ0v) is 11.7. The summed E-state index contributed by atoms with van der Waals surface area (Å²) in [7, 11) is -3.61. The van der Waals surface area contributed by atoms with Crippen molar-refractivity contribution < 1.29 is 13.2 Å². The molecule has 1 unspecified atom stereocenters. The average molecular weight is 285 g/mol. The first-order chi connectivity index (χ1) is 9.13. The van der Waals surface area contributed by atoms with Gasteiger partial charge in [-0.05, 0) is 25.0 Å². The standard InChI is InChI=1S/C12H19N3O3S/c1-2-6-13-11-4-3-7-14-12(11)19(16,17)15-10-5-8-18-9-10/h3-4,7,10,13,15H,2,5-6,8-9H2,1H3. The molecule has 1 aliphatic heterocycles. The maximum Gasteiger partial charge on any atom is 0.260 e. The van der Waals surface area contributed by atoms with Gasteiger partial charge in [0, 0.05) is 25.4 Å². The van der Waals surface area contributed by atoms with Crippen molar-refractivity contribution in [2.24, 2.45) is 0 Å². The fraction of sp³-hybridized carbons (Fsp3) is 0.583. The minimum Gasteiger partial charge on any atom is -0.383 e. The van der Waals surface area contributed by atoms with E-state index in [2.05, 4.69) is 15.0 Å². The first-order valence-electron chi connectivity index (χ1n) is 6.42. The van der Waals surface area contributed by atoms with Gasteiger partial charge in [0.05, 0.1) is 12.3 Å². The van der Waals surface area contributed by atoms with E-state index in [-0.39, 0.29) is 11.1 Å². The molecule has 1 aromatic heterocycles. The molecular weight excluding hydrogens is 266 g/mol. The number of rotatable bonds is 6. The lowest BCUT2D eigenvalue weighted by Gasteiger charge is -2.14. The van der Waals surface area contributed by atoms with Crippen LogP contribution in [0.5, 0.6) is 0 Å². The molecule has 0 bridgehead atoms. The number of anilines is 1. The molecule has 0 saturated carbocycles. The first kappa shape index (κ1) is 14.2. The van der Waals surface area contributed by atoms with Gasteiger partial charge in [-0.1, -0.05) is 6.92 Å². The largest absolute Gasteiger partial charge is 0.383 e. The van der Waals surface area contributed by atoms with Crippen LogP contribution in [-0.4, -0.2) is 39.2 Å². The van der Waals surface area contributed by atoms with Crippen LogP contribution in [0, 0.1) is 0 Å². The summed E-state index contributed by atoms with van der Waals surface area (Å²) in [6.07, 6.45) is 3.10. The van der Waals surface area contributed by atoms with Gasteiger partial charge < -0.3 is 10.1 Å². The number of nitrogens with one attached hydrogen (secondary N) is 2. The maximum absolute atomic E-state index is 12.3. The van der Waals surface area contributed by atoms with Crippen molar-refractivity contribution in [2.45, 2.75) is 30.8 Å². The molecule has 1 aromatic rings. The van der Waals surface area contributed by atoms with Crippen molar-refractivity contribution in [1.82, 2.24) is 9.71 Å². The first-order valence-corrected chi connectivity index (χ1v) is 7.91. The summed E-state index contributed by atoms with van der Waals surface area (Å²) in [5, 5.41) is 3.13. The molecule has 1 atom stereocenters. The predicted molar refractivity (Wildman–Crippen MR) is 72.6 cm³/mol. The normalized spacial score (nSPS) is 19.5. The molecule has 0 aromatic carbocycles. The summed E-state index contributed by atoms with van der Waals surface area (Å²) >= 11 is 0. The molecule has 1 aliphatic rings. The van der Waals surface area contributed by atoms with Gasteiger partial charge in [-0.25, -0.2) is 18.1 Å². The van der Waals surface area contributed by atoms with E-state index >= 15 is 0 Å². The SMILES string of the molecule is CCCNc1cccnc1S(=O)(=O)NC1CCOC1. The summed E-state index contributed by atoms with van der Waals surface area (Å²) in [4.78, 5) is 3.99. The average Bonchev–Trinajstić information content (AvgIpc) is 2.88. The molecule has 2 rings (SSSR count). The molecule has 0 radical (unpaired) electrons. The van der Waals surface area contributed by atoms with Gasteiger partial charge in [-0.15, -0.1) is 0 Å². The second-order valence-corrected chi connectivity index (χ2v) is 6.09. The van der Waals surface area contributed by atoms with Crippen molar-refractivity contribution in [3.05, 3.63) is 18.3 Å². The Morgan fingerprint density at radius 3 is 3.05 bits per heavy atom. The van der Waals surface area contributed by atoms with Crippen LogP contribution in [0.4, 0.5) is 5.69 Å². The van der Waals surface area contributed by atoms with Crippen molar-refractivity contribution >= 4 is 15.7 Å². The highest BCUT2D eigenvalue weighted by Crippen LogP contribution is 2.19. The number of hydrogen-bond donors (Lipinski definition) is 2. The van der Waals surface area contributed by atoms with Crippen molar-refractivity contribution in [3.63, 3.8) is 0 Å². The minimum atomic E-state index is -3.61. The number of nitrogens with zero attached hydrogens (tertiary/aromatic N) is 1. The number of sulfonamides is 1. The van der Waals surface area contributed by atoms with Crippen LogP contribution in [0.15, 0.2) is 23.4 Å². The van der Waals surface area contributed by atoms with Crippen molar-refractivity contribution in [1.29, 1.82) is 0 Å². The molecule has 1 fully saturated rings. The minimum absolute atomic E-state index is 0.0513. The summed E-state index contributed by atoms with van der Waals surface area (Å²) in [5.41, 5.74) is 0.538. The molecule has 0 amide bonds. The van der Waals surface area contributed by atoms with E-state index in [4.69, 9.17) is 4.74 Å². The summed E-state index contributed by atoms with van der Waals surface area (Å²) < 4.78 is 32.4. The summed E-state index contributed by atoms with van der Waals surface area (Å²) in [6.45, 7) is 3.74. The van der Waals surface area contributed by atoms with Gasteiger partial charge in [-0.3, -0.25) is 0 Å². The molecule has 6 nitrogen and oxygen atoms in total. The zero-order valence-electron chi connectivity index (χ0n) is 10.9. The topological polar surface area (TPSA) is 80.3 Å². The number of ether oxygens (including phenoxy) is 1. The number of aromatic nitrogens is 1. The van der Waals surface area contributed by atoms with Crippen LogP contribution >= 0.6 is 0 Å². The molecule has 0 spiro atoms.